The number of rotatable bonds is 14. The SMILES string of the molecule is CC(C)(C)C1(C(C)(C)C)O[C@@H](CC(=O)OCC[Si](C)(C)C)C[C@@H](C=Cc2c(C3CC3)nc3ccc(OCP(=O)(O)Oc4ccccc4)cc3c2-c2ccc(F)cc2)O1. The van der Waals surface area contributed by atoms with E-state index >= 15 is 0 Å². The number of hydrogen-bond acceptors (Lipinski definition) is 8. The predicted molar refractivity (Wildman–Crippen MR) is 230 cm³/mol. The summed E-state index contributed by atoms with van der Waals surface area (Å²) in [7, 11) is -5.55. The molecule has 6 rings (SSSR count). The van der Waals surface area contributed by atoms with Crippen molar-refractivity contribution in [3.8, 4) is 22.6 Å². The van der Waals surface area contributed by atoms with E-state index in [-0.39, 0.29) is 29.9 Å². The number of carbonyl (C=O) groups is 1. The highest BCUT2D eigenvalue weighted by atomic mass is 31.2. The number of esters is 1. The van der Waals surface area contributed by atoms with Gasteiger partial charge in [-0.3, -0.25) is 9.78 Å². The molecule has 0 amide bonds. The van der Waals surface area contributed by atoms with Gasteiger partial charge in [-0.15, -0.1) is 0 Å². The van der Waals surface area contributed by atoms with Crippen LogP contribution in [0.3, 0.4) is 0 Å². The fourth-order valence-electron chi connectivity index (χ4n) is 7.78. The number of benzene rings is 3. The van der Waals surface area contributed by atoms with Gasteiger partial charge in [0.15, 0.2) is 12.1 Å². The molecule has 4 aromatic rings. The number of carbonyl (C=O) groups excluding carboxylic acids is 1. The highest BCUT2D eigenvalue weighted by molar-refractivity contribution is 7.53. The summed E-state index contributed by atoms with van der Waals surface area (Å²) in [4.78, 5) is 29.1. The van der Waals surface area contributed by atoms with E-state index in [0.29, 0.717) is 24.3 Å². The molecule has 1 saturated carbocycles. The molecule has 1 unspecified atom stereocenters. The second-order valence-electron chi connectivity index (χ2n) is 18.9. The number of hydrogen-bond donors (Lipinski definition) is 1. The van der Waals surface area contributed by atoms with Gasteiger partial charge in [0.05, 0.1) is 36.4 Å². The van der Waals surface area contributed by atoms with Crippen LogP contribution < -0.4 is 9.26 Å². The second kappa shape index (κ2) is 17.0. The zero-order valence-corrected chi connectivity index (χ0v) is 37.2. The third-order valence-electron chi connectivity index (χ3n) is 10.6. The largest absolute Gasteiger partial charge is 0.480 e. The van der Waals surface area contributed by atoms with Crippen LogP contribution in [0.25, 0.3) is 28.1 Å². The lowest BCUT2D eigenvalue weighted by molar-refractivity contribution is -0.389. The van der Waals surface area contributed by atoms with E-state index in [1.165, 1.54) is 12.1 Å². The molecule has 2 aliphatic rings. The summed E-state index contributed by atoms with van der Waals surface area (Å²) in [6.07, 6.45) is 5.16. The molecule has 1 saturated heterocycles. The van der Waals surface area contributed by atoms with Crippen LogP contribution in [0.4, 0.5) is 4.39 Å². The first kappa shape index (κ1) is 43.7. The number of fused-ring (bicyclic) bond motifs is 1. The fraction of sp³-hybridized carbons (Fsp3) is 0.478. The third kappa shape index (κ3) is 10.7. The van der Waals surface area contributed by atoms with Gasteiger partial charge in [-0.25, -0.2) is 8.96 Å². The van der Waals surface area contributed by atoms with Crippen molar-refractivity contribution in [2.45, 2.75) is 117 Å². The molecule has 0 spiro atoms. The molecule has 0 bridgehead atoms. The van der Waals surface area contributed by atoms with Crippen molar-refractivity contribution in [2.75, 3.05) is 13.0 Å². The van der Waals surface area contributed by atoms with E-state index in [9.17, 15) is 18.6 Å². The Balaban J connectivity index is 1.39. The molecule has 0 radical (unpaired) electrons. The predicted octanol–water partition coefficient (Wildman–Crippen LogP) is 11.8. The molecule has 2 fully saturated rings. The molecule has 12 heteroatoms. The Morgan fingerprint density at radius 1 is 0.966 bits per heavy atom. The molecule has 1 aliphatic heterocycles. The minimum atomic E-state index is -4.17. The van der Waals surface area contributed by atoms with Gasteiger partial charge in [-0.1, -0.05) is 104 Å². The van der Waals surface area contributed by atoms with Crippen molar-refractivity contribution in [3.63, 3.8) is 0 Å². The molecule has 1 N–H and O–H groups in total. The van der Waals surface area contributed by atoms with Gasteiger partial charge in [0, 0.05) is 47.8 Å². The van der Waals surface area contributed by atoms with Crippen LogP contribution in [0.15, 0.2) is 78.9 Å². The van der Waals surface area contributed by atoms with Crippen LogP contribution in [-0.4, -0.2) is 54.9 Å². The average molecular weight is 832 g/mol. The molecule has 2 heterocycles. The highest BCUT2D eigenvalue weighted by Crippen LogP contribution is 2.53. The fourth-order valence-corrected chi connectivity index (χ4v) is 9.31. The lowest BCUT2D eigenvalue weighted by Crippen LogP contribution is -2.63. The van der Waals surface area contributed by atoms with Crippen molar-refractivity contribution >= 4 is 38.6 Å². The molecule has 9 nitrogen and oxygen atoms in total. The zero-order valence-electron chi connectivity index (χ0n) is 35.3. The lowest BCUT2D eigenvalue weighted by atomic mass is 9.69. The minimum Gasteiger partial charge on any atom is -0.480 e. The van der Waals surface area contributed by atoms with E-state index < -0.39 is 50.8 Å². The first-order valence-corrected chi connectivity index (χ1v) is 25.7. The van der Waals surface area contributed by atoms with Crippen molar-refractivity contribution in [3.05, 3.63) is 95.9 Å². The van der Waals surface area contributed by atoms with Gasteiger partial charge >= 0.3 is 13.6 Å². The zero-order chi connectivity index (χ0) is 42.1. The summed E-state index contributed by atoms with van der Waals surface area (Å²) < 4.78 is 58.3. The van der Waals surface area contributed by atoms with Crippen molar-refractivity contribution in [2.24, 2.45) is 10.8 Å². The Bertz CT molecular complexity index is 2140. The topological polar surface area (TPSA) is 113 Å². The van der Waals surface area contributed by atoms with E-state index in [1.807, 2.05) is 12.1 Å². The van der Waals surface area contributed by atoms with Crippen LogP contribution >= 0.6 is 7.60 Å². The van der Waals surface area contributed by atoms with Crippen LogP contribution in [0.1, 0.15) is 84.4 Å². The maximum atomic E-state index is 14.4. The van der Waals surface area contributed by atoms with E-state index in [1.54, 1.807) is 54.6 Å². The van der Waals surface area contributed by atoms with Gasteiger partial charge in [0.2, 0.25) is 0 Å². The molecular weight excluding hydrogens is 773 g/mol. The number of ether oxygens (including phenoxy) is 4. The van der Waals surface area contributed by atoms with E-state index in [2.05, 4.69) is 67.3 Å². The number of pyridine rings is 1. The van der Waals surface area contributed by atoms with Gasteiger partial charge < -0.3 is 28.4 Å². The summed E-state index contributed by atoms with van der Waals surface area (Å²) >= 11 is 0. The molecule has 58 heavy (non-hydrogen) atoms. The number of aromatic nitrogens is 1. The quantitative estimate of drug-likeness (QED) is 0.0753. The Morgan fingerprint density at radius 3 is 2.26 bits per heavy atom. The summed E-state index contributed by atoms with van der Waals surface area (Å²) in [5, 5.41) is 0.732. The Labute approximate surface area is 343 Å². The maximum Gasteiger partial charge on any atom is 0.413 e. The van der Waals surface area contributed by atoms with Gasteiger partial charge in [0.1, 0.15) is 17.3 Å². The summed E-state index contributed by atoms with van der Waals surface area (Å²) in [6, 6.07) is 21.1. The maximum absolute atomic E-state index is 14.4. The summed E-state index contributed by atoms with van der Waals surface area (Å²) in [5.74, 6) is -0.830. The van der Waals surface area contributed by atoms with Gasteiger partial charge in [0.25, 0.3) is 0 Å². The smallest absolute Gasteiger partial charge is 0.413 e. The molecular formula is C46H59FNO8PSi. The lowest BCUT2D eigenvalue weighted by Gasteiger charge is -2.57. The minimum absolute atomic E-state index is 0.110. The molecule has 1 aliphatic carbocycles. The monoisotopic (exact) mass is 831 g/mol. The first-order valence-electron chi connectivity index (χ1n) is 20.3. The number of para-hydroxylation sites is 1. The number of nitrogens with zero attached hydrogens (tertiary/aromatic N) is 1. The van der Waals surface area contributed by atoms with Gasteiger partial charge in [-0.05, 0) is 66.9 Å². The van der Waals surface area contributed by atoms with Crippen molar-refractivity contribution < 1.29 is 42.1 Å². The summed E-state index contributed by atoms with van der Waals surface area (Å²) in [5.41, 5.74) is 3.18. The van der Waals surface area contributed by atoms with Crippen molar-refractivity contribution in [1.29, 1.82) is 0 Å². The van der Waals surface area contributed by atoms with Crippen LogP contribution in [0.2, 0.25) is 25.7 Å². The number of halogens is 1. The van der Waals surface area contributed by atoms with Crippen LogP contribution in [0.5, 0.6) is 11.5 Å². The van der Waals surface area contributed by atoms with Crippen LogP contribution in [-0.2, 0) is 23.6 Å². The normalized spacial score (nSPS) is 19.8. The van der Waals surface area contributed by atoms with Gasteiger partial charge in [-0.2, -0.15) is 0 Å². The molecule has 312 valence electrons. The second-order valence-corrected chi connectivity index (χ2v) is 26.2. The van der Waals surface area contributed by atoms with Crippen LogP contribution in [0, 0.1) is 16.6 Å². The first-order chi connectivity index (χ1) is 27.1. The van der Waals surface area contributed by atoms with E-state index in [0.717, 1.165) is 46.7 Å². The van der Waals surface area contributed by atoms with Crippen molar-refractivity contribution in [1.82, 2.24) is 4.98 Å². The third-order valence-corrected chi connectivity index (χ3v) is 13.3. The highest BCUT2D eigenvalue weighted by Gasteiger charge is 2.58. The molecule has 1 aromatic heterocycles. The Hall–Kier alpha value is -3.86. The Kier molecular flexibility index (Phi) is 12.8. The van der Waals surface area contributed by atoms with E-state index in [4.69, 9.17) is 28.5 Å². The summed E-state index contributed by atoms with van der Waals surface area (Å²) in [6.45, 7) is 19.8. The molecule has 3 aromatic carbocycles. The molecule has 3 atom stereocenters. The average Bonchev–Trinajstić information content (AvgIpc) is 3.97. The standard InChI is InChI=1S/C46H59FNO8PSi/c1-44(2,3)46(45(4,5)6)54-36(27-37(55-46)29-41(49)52-25-26-58(7,8)9)21-23-38-42(31-17-19-33(47)20-18-31)39-28-35(22-24-40(39)48-43(38)32-15-16-32)53-30-57(50,51)56-34-13-11-10-12-14-34/h10-14,17-24,28,32,36-37H,15-16,25-27,29-30H2,1-9H3,(H,50,51)/t36-,37-/m1/s1. The Morgan fingerprint density at radius 2 is 1.64 bits per heavy atom.